The fourth-order valence-corrected chi connectivity index (χ4v) is 2.13. The van der Waals surface area contributed by atoms with Crippen LogP contribution in [0.4, 0.5) is 0 Å². The molecule has 0 saturated carbocycles. The van der Waals surface area contributed by atoms with E-state index in [0.29, 0.717) is 5.92 Å². The monoisotopic (exact) mass is 299 g/mol. The van der Waals surface area contributed by atoms with Crippen LogP contribution in [0.2, 0.25) is 0 Å². The Balaban J connectivity index is 0. The molecule has 0 unspecified atom stereocenters. The number of hydrogen-bond acceptors (Lipinski definition) is 3. The molecule has 4 nitrogen and oxygen atoms in total. The first-order chi connectivity index (χ1) is 7.54. The highest BCUT2D eigenvalue weighted by molar-refractivity contribution is 5.85. The molecule has 0 aliphatic carbocycles. The molecule has 1 heterocycles. The minimum atomic E-state index is -0.312. The molecule has 0 aromatic rings. The van der Waals surface area contributed by atoms with E-state index in [2.05, 4.69) is 25.7 Å². The molecule has 0 spiro atoms. The van der Waals surface area contributed by atoms with Crippen LogP contribution in [0.3, 0.4) is 0 Å². The molecule has 0 radical (unpaired) electrons. The van der Waals surface area contributed by atoms with E-state index in [1.54, 1.807) is 0 Å². The second-order valence-electron chi connectivity index (χ2n) is 5.00. The van der Waals surface area contributed by atoms with Crippen molar-refractivity contribution in [3.8, 4) is 0 Å². The van der Waals surface area contributed by atoms with Crippen molar-refractivity contribution in [1.29, 1.82) is 0 Å². The molecule has 1 atom stereocenters. The maximum absolute atomic E-state index is 12.0. The lowest BCUT2D eigenvalue weighted by Crippen LogP contribution is -2.53. The van der Waals surface area contributed by atoms with Crippen LogP contribution in [0.25, 0.3) is 0 Å². The highest BCUT2D eigenvalue weighted by Crippen LogP contribution is 2.08. The summed E-state index contributed by atoms with van der Waals surface area (Å²) in [6, 6.07) is -0.312. The fraction of sp³-hybridized carbons (Fsp3) is 0.917. The van der Waals surface area contributed by atoms with Gasteiger partial charge < -0.3 is 15.5 Å². The number of carbonyl (C=O) groups is 1. The van der Waals surface area contributed by atoms with Crippen LogP contribution in [0.15, 0.2) is 0 Å². The Bertz CT molecular complexity index is 231. The van der Waals surface area contributed by atoms with Crippen LogP contribution in [-0.4, -0.2) is 54.5 Å². The van der Waals surface area contributed by atoms with Gasteiger partial charge >= 0.3 is 0 Å². The summed E-state index contributed by atoms with van der Waals surface area (Å²) in [6.45, 7) is 11.1. The molecule has 1 aliphatic heterocycles. The fourth-order valence-electron chi connectivity index (χ4n) is 2.13. The molecule has 1 saturated heterocycles. The van der Waals surface area contributed by atoms with E-state index in [9.17, 15) is 4.79 Å². The first kappa shape index (κ1) is 20.3. The average Bonchev–Trinajstić information content (AvgIpc) is 2.27. The van der Waals surface area contributed by atoms with Gasteiger partial charge in [0.2, 0.25) is 5.91 Å². The first-order valence-electron chi connectivity index (χ1n) is 6.31. The van der Waals surface area contributed by atoms with E-state index >= 15 is 0 Å². The molecule has 18 heavy (non-hydrogen) atoms. The molecule has 1 amide bonds. The Morgan fingerprint density at radius 2 is 1.67 bits per heavy atom. The summed E-state index contributed by atoms with van der Waals surface area (Å²) in [4.78, 5) is 16.3. The summed E-state index contributed by atoms with van der Waals surface area (Å²) in [5.41, 5.74) is 5.91. The molecule has 2 N–H and O–H groups in total. The topological polar surface area (TPSA) is 49.6 Å². The number of carbonyl (C=O) groups excluding carboxylic acids is 1. The number of likely N-dealkylation sites (N-methyl/N-ethyl adjacent to an activating group) is 1. The zero-order valence-electron chi connectivity index (χ0n) is 11.6. The van der Waals surface area contributed by atoms with Crippen LogP contribution in [0.1, 0.15) is 27.2 Å². The summed E-state index contributed by atoms with van der Waals surface area (Å²) in [6.07, 6.45) is 0.785. The van der Waals surface area contributed by atoms with Gasteiger partial charge in [-0.2, -0.15) is 0 Å². The van der Waals surface area contributed by atoms with Gasteiger partial charge in [-0.15, -0.1) is 24.8 Å². The van der Waals surface area contributed by atoms with E-state index in [4.69, 9.17) is 5.73 Å². The summed E-state index contributed by atoms with van der Waals surface area (Å²) >= 11 is 0. The van der Waals surface area contributed by atoms with Crippen molar-refractivity contribution in [2.45, 2.75) is 33.2 Å². The average molecular weight is 300 g/mol. The molecule has 1 fully saturated rings. The SMILES string of the molecule is CCN1CCN(C(=O)[C@@H](N)CC(C)C)CC1.Cl.Cl. The van der Waals surface area contributed by atoms with Crippen molar-refractivity contribution in [2.75, 3.05) is 32.7 Å². The number of amides is 1. The van der Waals surface area contributed by atoms with Crippen molar-refractivity contribution in [3.63, 3.8) is 0 Å². The van der Waals surface area contributed by atoms with Crippen molar-refractivity contribution in [2.24, 2.45) is 11.7 Å². The Morgan fingerprint density at radius 1 is 1.17 bits per heavy atom. The van der Waals surface area contributed by atoms with E-state index in [-0.39, 0.29) is 36.8 Å². The van der Waals surface area contributed by atoms with E-state index in [1.165, 1.54) is 0 Å². The predicted molar refractivity (Wildman–Crippen MR) is 80.6 cm³/mol. The van der Waals surface area contributed by atoms with Crippen LogP contribution in [0.5, 0.6) is 0 Å². The van der Waals surface area contributed by atoms with Gasteiger partial charge in [0.25, 0.3) is 0 Å². The summed E-state index contributed by atoms with van der Waals surface area (Å²) in [7, 11) is 0. The number of rotatable bonds is 4. The summed E-state index contributed by atoms with van der Waals surface area (Å²) < 4.78 is 0. The molecule has 0 aromatic heterocycles. The maximum Gasteiger partial charge on any atom is 0.239 e. The summed E-state index contributed by atoms with van der Waals surface area (Å²) in [5, 5.41) is 0. The van der Waals surface area contributed by atoms with Gasteiger partial charge in [-0.05, 0) is 18.9 Å². The van der Waals surface area contributed by atoms with Crippen LogP contribution in [-0.2, 0) is 4.79 Å². The van der Waals surface area contributed by atoms with Crippen molar-refractivity contribution < 1.29 is 4.79 Å². The lowest BCUT2D eigenvalue weighted by atomic mass is 10.0. The van der Waals surface area contributed by atoms with Gasteiger partial charge in [0.15, 0.2) is 0 Å². The third-order valence-corrected chi connectivity index (χ3v) is 3.17. The molecule has 1 rings (SSSR count). The number of hydrogen-bond donors (Lipinski definition) is 1. The quantitative estimate of drug-likeness (QED) is 0.853. The summed E-state index contributed by atoms with van der Waals surface area (Å²) in [5.74, 6) is 0.611. The Labute approximate surface area is 123 Å². The molecule has 110 valence electrons. The Morgan fingerprint density at radius 3 is 2.06 bits per heavy atom. The van der Waals surface area contributed by atoms with Crippen LogP contribution >= 0.6 is 24.8 Å². The smallest absolute Gasteiger partial charge is 0.239 e. The van der Waals surface area contributed by atoms with Crippen molar-refractivity contribution >= 4 is 30.7 Å². The Hall–Kier alpha value is -0.0300. The third-order valence-electron chi connectivity index (χ3n) is 3.17. The van der Waals surface area contributed by atoms with Gasteiger partial charge in [0.05, 0.1) is 6.04 Å². The second kappa shape index (κ2) is 9.84. The normalized spacial score (nSPS) is 17.9. The van der Waals surface area contributed by atoms with E-state index in [0.717, 1.165) is 39.1 Å². The maximum atomic E-state index is 12.0. The molecule has 1 aliphatic rings. The number of nitrogens with two attached hydrogens (primary N) is 1. The largest absolute Gasteiger partial charge is 0.339 e. The molecular weight excluding hydrogens is 273 g/mol. The van der Waals surface area contributed by atoms with Gasteiger partial charge in [-0.25, -0.2) is 0 Å². The molecule has 0 bridgehead atoms. The van der Waals surface area contributed by atoms with Gasteiger partial charge in [-0.3, -0.25) is 4.79 Å². The van der Waals surface area contributed by atoms with E-state index in [1.807, 2.05) is 4.90 Å². The molecule has 6 heteroatoms. The highest BCUT2D eigenvalue weighted by atomic mass is 35.5. The minimum absolute atomic E-state index is 0. The lowest BCUT2D eigenvalue weighted by Gasteiger charge is -2.35. The zero-order valence-corrected chi connectivity index (χ0v) is 13.2. The third kappa shape index (κ3) is 6.23. The second-order valence-corrected chi connectivity index (χ2v) is 5.00. The Kier molecular flexibility index (Phi) is 11.1. The minimum Gasteiger partial charge on any atom is -0.339 e. The van der Waals surface area contributed by atoms with Crippen LogP contribution < -0.4 is 5.73 Å². The van der Waals surface area contributed by atoms with Gasteiger partial charge in [-0.1, -0.05) is 20.8 Å². The molecular formula is C12H27Cl2N3O. The first-order valence-corrected chi connectivity index (χ1v) is 6.31. The molecule has 0 aromatic carbocycles. The van der Waals surface area contributed by atoms with E-state index < -0.39 is 0 Å². The van der Waals surface area contributed by atoms with Crippen LogP contribution in [0, 0.1) is 5.92 Å². The highest BCUT2D eigenvalue weighted by Gasteiger charge is 2.24. The van der Waals surface area contributed by atoms with Crippen molar-refractivity contribution in [1.82, 2.24) is 9.80 Å². The van der Waals surface area contributed by atoms with Gasteiger partial charge in [0.1, 0.15) is 0 Å². The zero-order chi connectivity index (χ0) is 12.1. The standard InChI is InChI=1S/C12H25N3O.2ClH/c1-4-14-5-7-15(8-6-14)12(16)11(13)9-10(2)3;;/h10-11H,4-9,13H2,1-3H3;2*1H/t11-;;/m0../s1. The van der Waals surface area contributed by atoms with Gasteiger partial charge in [0, 0.05) is 26.2 Å². The lowest BCUT2D eigenvalue weighted by molar-refractivity contribution is -0.134. The van der Waals surface area contributed by atoms with Crippen molar-refractivity contribution in [3.05, 3.63) is 0 Å². The predicted octanol–water partition coefficient (Wildman–Crippen LogP) is 1.37. The number of piperazine rings is 1. The number of halogens is 2. The number of nitrogens with zero attached hydrogens (tertiary/aromatic N) is 2.